The van der Waals surface area contributed by atoms with Gasteiger partial charge in [0.1, 0.15) is 6.61 Å². The van der Waals surface area contributed by atoms with E-state index in [2.05, 4.69) is 10.3 Å². The van der Waals surface area contributed by atoms with E-state index in [4.69, 9.17) is 4.74 Å². The molecule has 5 heteroatoms. The molecule has 0 radical (unpaired) electrons. The summed E-state index contributed by atoms with van der Waals surface area (Å²) in [6.07, 6.45) is 4.13. The molecule has 1 aliphatic heterocycles. The van der Waals surface area contributed by atoms with Crippen molar-refractivity contribution in [3.8, 4) is 0 Å². The van der Waals surface area contributed by atoms with Gasteiger partial charge in [0, 0.05) is 32.0 Å². The number of aromatic nitrogens is 1. The second kappa shape index (κ2) is 6.20. The highest BCUT2D eigenvalue weighted by molar-refractivity contribution is 5.67. The molecule has 17 heavy (non-hydrogen) atoms. The fourth-order valence-electron chi connectivity index (χ4n) is 1.74. The largest absolute Gasteiger partial charge is 0.445 e. The molecule has 0 unspecified atom stereocenters. The first-order valence-corrected chi connectivity index (χ1v) is 5.87. The average Bonchev–Trinajstić information content (AvgIpc) is 2.66. The summed E-state index contributed by atoms with van der Waals surface area (Å²) < 4.78 is 5.25. The highest BCUT2D eigenvalue weighted by Crippen LogP contribution is 2.03. The second-order valence-corrected chi connectivity index (χ2v) is 4.00. The Labute approximate surface area is 101 Å². The van der Waals surface area contributed by atoms with Crippen LogP contribution in [0.25, 0.3) is 0 Å². The Balaban J connectivity index is 1.80. The molecule has 1 N–H and O–H groups in total. The van der Waals surface area contributed by atoms with Crippen LogP contribution >= 0.6 is 0 Å². The molecule has 1 amide bonds. The first-order chi connectivity index (χ1) is 8.36. The van der Waals surface area contributed by atoms with Gasteiger partial charge in [-0.2, -0.15) is 0 Å². The predicted octanol–water partition coefficient (Wildman–Crippen LogP) is 1.01. The summed E-state index contributed by atoms with van der Waals surface area (Å²) in [5.41, 5.74) is 0.960. The standard InChI is InChI=1S/C12H17N3O2/c16-12(15-8-1-4-13-7-9-15)17-10-11-2-5-14-6-3-11/h2-3,5-6,13H,1,4,7-10H2. The van der Waals surface area contributed by atoms with Gasteiger partial charge in [-0.15, -0.1) is 0 Å². The Kier molecular flexibility index (Phi) is 4.32. The molecule has 0 spiro atoms. The smallest absolute Gasteiger partial charge is 0.410 e. The summed E-state index contributed by atoms with van der Waals surface area (Å²) in [6.45, 7) is 3.60. The van der Waals surface area contributed by atoms with Crippen molar-refractivity contribution in [2.75, 3.05) is 26.2 Å². The predicted molar refractivity (Wildman–Crippen MR) is 63.5 cm³/mol. The Morgan fingerprint density at radius 1 is 1.35 bits per heavy atom. The third-order valence-corrected chi connectivity index (χ3v) is 2.71. The van der Waals surface area contributed by atoms with Gasteiger partial charge in [0.2, 0.25) is 0 Å². The van der Waals surface area contributed by atoms with Crippen molar-refractivity contribution in [2.24, 2.45) is 0 Å². The summed E-state index contributed by atoms with van der Waals surface area (Å²) in [5, 5.41) is 3.25. The van der Waals surface area contributed by atoms with Crippen molar-refractivity contribution in [2.45, 2.75) is 13.0 Å². The van der Waals surface area contributed by atoms with Gasteiger partial charge in [0.25, 0.3) is 0 Å². The normalized spacial score (nSPS) is 16.4. The molecule has 0 atom stereocenters. The third kappa shape index (κ3) is 3.71. The SMILES string of the molecule is O=C(OCc1ccncc1)N1CCCNCC1. The minimum atomic E-state index is -0.231. The van der Waals surface area contributed by atoms with Crippen LogP contribution in [0.3, 0.4) is 0 Å². The molecule has 92 valence electrons. The van der Waals surface area contributed by atoms with Crippen LogP contribution in [0, 0.1) is 0 Å². The highest BCUT2D eigenvalue weighted by Gasteiger charge is 2.16. The zero-order valence-electron chi connectivity index (χ0n) is 9.76. The molecule has 1 fully saturated rings. The second-order valence-electron chi connectivity index (χ2n) is 4.00. The Morgan fingerprint density at radius 3 is 3.00 bits per heavy atom. The number of hydrogen-bond acceptors (Lipinski definition) is 4. The number of carbonyl (C=O) groups excluding carboxylic acids is 1. The van der Waals surface area contributed by atoms with E-state index < -0.39 is 0 Å². The minimum Gasteiger partial charge on any atom is -0.445 e. The average molecular weight is 235 g/mol. The first kappa shape index (κ1) is 11.9. The fourth-order valence-corrected chi connectivity index (χ4v) is 1.74. The molecule has 0 aromatic carbocycles. The van der Waals surface area contributed by atoms with Crippen LogP contribution in [0.2, 0.25) is 0 Å². The summed E-state index contributed by atoms with van der Waals surface area (Å²) in [6, 6.07) is 3.69. The quantitative estimate of drug-likeness (QED) is 0.831. The Hall–Kier alpha value is -1.62. The number of ether oxygens (including phenoxy) is 1. The molecule has 0 aliphatic carbocycles. The van der Waals surface area contributed by atoms with Crippen LogP contribution in [0.5, 0.6) is 0 Å². The zero-order valence-corrected chi connectivity index (χ0v) is 9.76. The number of pyridine rings is 1. The van der Waals surface area contributed by atoms with Crippen LogP contribution in [-0.2, 0) is 11.3 Å². The maximum atomic E-state index is 11.8. The van der Waals surface area contributed by atoms with Gasteiger partial charge in [0.05, 0.1) is 0 Å². The minimum absolute atomic E-state index is 0.231. The highest BCUT2D eigenvalue weighted by atomic mass is 16.6. The maximum Gasteiger partial charge on any atom is 0.410 e. The van der Waals surface area contributed by atoms with E-state index in [1.807, 2.05) is 12.1 Å². The van der Waals surface area contributed by atoms with E-state index in [0.29, 0.717) is 6.61 Å². The lowest BCUT2D eigenvalue weighted by Gasteiger charge is -2.19. The molecule has 1 saturated heterocycles. The molecule has 0 saturated carbocycles. The van der Waals surface area contributed by atoms with Crippen LogP contribution in [0.4, 0.5) is 4.79 Å². The molecule has 1 aromatic rings. The van der Waals surface area contributed by atoms with Gasteiger partial charge >= 0.3 is 6.09 Å². The number of amides is 1. The Morgan fingerprint density at radius 2 is 2.18 bits per heavy atom. The summed E-state index contributed by atoms with van der Waals surface area (Å²) in [7, 11) is 0. The van der Waals surface area contributed by atoms with Gasteiger partial charge in [0.15, 0.2) is 0 Å². The van der Waals surface area contributed by atoms with Gasteiger partial charge < -0.3 is 15.0 Å². The van der Waals surface area contributed by atoms with Gasteiger partial charge in [-0.25, -0.2) is 4.79 Å². The molecule has 5 nitrogen and oxygen atoms in total. The summed E-state index contributed by atoms with van der Waals surface area (Å²) in [5.74, 6) is 0. The van der Waals surface area contributed by atoms with E-state index in [1.54, 1.807) is 17.3 Å². The van der Waals surface area contributed by atoms with Crippen LogP contribution in [0.15, 0.2) is 24.5 Å². The molecule has 0 bridgehead atoms. The lowest BCUT2D eigenvalue weighted by Crippen LogP contribution is -2.34. The number of hydrogen-bond donors (Lipinski definition) is 1. The van der Waals surface area contributed by atoms with E-state index in [9.17, 15) is 4.79 Å². The number of rotatable bonds is 2. The van der Waals surface area contributed by atoms with Crippen molar-refractivity contribution >= 4 is 6.09 Å². The molecule has 2 heterocycles. The van der Waals surface area contributed by atoms with Crippen molar-refractivity contribution in [1.82, 2.24) is 15.2 Å². The molecule has 1 aliphatic rings. The van der Waals surface area contributed by atoms with Crippen molar-refractivity contribution < 1.29 is 9.53 Å². The monoisotopic (exact) mass is 235 g/mol. The van der Waals surface area contributed by atoms with Crippen molar-refractivity contribution in [1.29, 1.82) is 0 Å². The first-order valence-electron chi connectivity index (χ1n) is 5.87. The molecule has 1 aromatic heterocycles. The van der Waals surface area contributed by atoms with Gasteiger partial charge in [-0.3, -0.25) is 4.98 Å². The molecular formula is C12H17N3O2. The van der Waals surface area contributed by atoms with E-state index in [0.717, 1.165) is 38.2 Å². The molecular weight excluding hydrogens is 218 g/mol. The van der Waals surface area contributed by atoms with E-state index >= 15 is 0 Å². The number of nitrogens with one attached hydrogen (secondary N) is 1. The number of carbonyl (C=O) groups is 1. The summed E-state index contributed by atoms with van der Waals surface area (Å²) in [4.78, 5) is 17.5. The van der Waals surface area contributed by atoms with Gasteiger partial charge in [-0.05, 0) is 30.7 Å². The lowest BCUT2D eigenvalue weighted by molar-refractivity contribution is 0.0984. The van der Waals surface area contributed by atoms with Crippen molar-refractivity contribution in [3.05, 3.63) is 30.1 Å². The summed E-state index contributed by atoms with van der Waals surface area (Å²) >= 11 is 0. The topological polar surface area (TPSA) is 54.5 Å². The maximum absolute atomic E-state index is 11.8. The number of nitrogens with zero attached hydrogens (tertiary/aromatic N) is 2. The van der Waals surface area contributed by atoms with Crippen molar-refractivity contribution in [3.63, 3.8) is 0 Å². The van der Waals surface area contributed by atoms with E-state index in [1.165, 1.54) is 0 Å². The van der Waals surface area contributed by atoms with Crippen LogP contribution < -0.4 is 5.32 Å². The molecule has 2 rings (SSSR count). The van der Waals surface area contributed by atoms with Crippen LogP contribution in [-0.4, -0.2) is 42.2 Å². The fraction of sp³-hybridized carbons (Fsp3) is 0.500. The van der Waals surface area contributed by atoms with E-state index in [-0.39, 0.29) is 6.09 Å². The zero-order chi connectivity index (χ0) is 11.9. The van der Waals surface area contributed by atoms with Gasteiger partial charge in [-0.1, -0.05) is 0 Å². The van der Waals surface area contributed by atoms with Crippen LogP contribution in [0.1, 0.15) is 12.0 Å². The lowest BCUT2D eigenvalue weighted by atomic mass is 10.3. The third-order valence-electron chi connectivity index (χ3n) is 2.71. The Bertz CT molecular complexity index is 348.